The monoisotopic (exact) mass is 237 g/mol. The lowest BCUT2D eigenvalue weighted by Crippen LogP contribution is -2.04. The number of hydrogen-bond acceptors (Lipinski definition) is 4. The van der Waals surface area contributed by atoms with Crippen molar-refractivity contribution in [2.45, 2.75) is 6.92 Å². The molecule has 3 N–H and O–H groups in total. The predicted molar refractivity (Wildman–Crippen MR) is 64.9 cm³/mol. The van der Waals surface area contributed by atoms with E-state index in [0.717, 1.165) is 11.4 Å². The van der Waals surface area contributed by atoms with Gasteiger partial charge in [0.2, 0.25) is 0 Å². The average Bonchev–Trinajstić information content (AvgIpc) is 2.55. The van der Waals surface area contributed by atoms with Crippen molar-refractivity contribution >= 4 is 28.9 Å². The van der Waals surface area contributed by atoms with Gasteiger partial charge >= 0.3 is 0 Å². The number of halogens is 1. The first-order valence-corrected chi connectivity index (χ1v) is 5.13. The summed E-state index contributed by atoms with van der Waals surface area (Å²) >= 11 is 5.81. The van der Waals surface area contributed by atoms with Crippen molar-refractivity contribution < 1.29 is 0 Å². The van der Waals surface area contributed by atoms with Crippen LogP contribution in [0.2, 0.25) is 5.15 Å². The highest BCUT2D eigenvalue weighted by molar-refractivity contribution is 6.29. The Labute approximate surface area is 98.2 Å². The SMILES string of the molecule is Cc1cnn(C)c1Nc1nc(Cl)ccc1N. The molecule has 2 aromatic heterocycles. The molecule has 16 heavy (non-hydrogen) atoms. The van der Waals surface area contributed by atoms with E-state index >= 15 is 0 Å². The summed E-state index contributed by atoms with van der Waals surface area (Å²) < 4.78 is 1.72. The van der Waals surface area contributed by atoms with Gasteiger partial charge in [-0.1, -0.05) is 11.6 Å². The molecule has 0 spiro atoms. The molecule has 0 saturated heterocycles. The summed E-state index contributed by atoms with van der Waals surface area (Å²) in [6.45, 7) is 1.95. The first-order valence-electron chi connectivity index (χ1n) is 4.75. The molecule has 0 amide bonds. The molecule has 2 aromatic rings. The lowest BCUT2D eigenvalue weighted by Gasteiger charge is -2.09. The fraction of sp³-hybridized carbons (Fsp3) is 0.200. The molecule has 0 aliphatic rings. The molecule has 0 saturated carbocycles. The number of nitrogens with two attached hydrogens (primary N) is 1. The Kier molecular flexibility index (Phi) is 2.70. The van der Waals surface area contributed by atoms with Gasteiger partial charge in [-0.25, -0.2) is 4.98 Å². The Hall–Kier alpha value is -1.75. The zero-order valence-electron chi connectivity index (χ0n) is 9.03. The van der Waals surface area contributed by atoms with Gasteiger partial charge in [0.25, 0.3) is 0 Å². The van der Waals surface area contributed by atoms with Crippen molar-refractivity contribution in [2.75, 3.05) is 11.1 Å². The molecule has 0 aliphatic carbocycles. The summed E-state index contributed by atoms with van der Waals surface area (Å²) in [5, 5.41) is 7.63. The quantitative estimate of drug-likeness (QED) is 0.785. The maximum absolute atomic E-state index is 5.81. The van der Waals surface area contributed by atoms with E-state index in [4.69, 9.17) is 17.3 Å². The molecule has 2 rings (SSSR count). The maximum Gasteiger partial charge on any atom is 0.156 e. The Balaban J connectivity index is 2.37. The largest absolute Gasteiger partial charge is 0.396 e. The van der Waals surface area contributed by atoms with Crippen LogP contribution < -0.4 is 11.1 Å². The third-order valence-electron chi connectivity index (χ3n) is 2.25. The van der Waals surface area contributed by atoms with Crippen molar-refractivity contribution in [1.29, 1.82) is 0 Å². The molecule has 0 atom stereocenters. The minimum absolute atomic E-state index is 0.400. The lowest BCUT2D eigenvalue weighted by atomic mass is 10.3. The molecule has 0 bridgehead atoms. The van der Waals surface area contributed by atoms with Crippen molar-refractivity contribution in [3.8, 4) is 0 Å². The second kappa shape index (κ2) is 4.02. The Morgan fingerprint density at radius 2 is 2.19 bits per heavy atom. The van der Waals surface area contributed by atoms with Gasteiger partial charge in [0, 0.05) is 12.6 Å². The van der Waals surface area contributed by atoms with Crippen LogP contribution in [0.25, 0.3) is 0 Å². The number of aromatic nitrogens is 3. The van der Waals surface area contributed by atoms with Gasteiger partial charge in [-0.15, -0.1) is 0 Å². The zero-order chi connectivity index (χ0) is 11.7. The number of nitrogen functional groups attached to an aromatic ring is 1. The molecular weight excluding hydrogens is 226 g/mol. The average molecular weight is 238 g/mol. The fourth-order valence-corrected chi connectivity index (χ4v) is 1.53. The van der Waals surface area contributed by atoms with Crippen molar-refractivity contribution in [3.63, 3.8) is 0 Å². The first-order chi connectivity index (χ1) is 7.58. The van der Waals surface area contributed by atoms with Crippen LogP contribution >= 0.6 is 11.6 Å². The fourth-order valence-electron chi connectivity index (χ4n) is 1.39. The summed E-state index contributed by atoms with van der Waals surface area (Å²) in [4.78, 5) is 4.12. The summed E-state index contributed by atoms with van der Waals surface area (Å²) in [7, 11) is 1.84. The van der Waals surface area contributed by atoms with Gasteiger partial charge in [-0.05, 0) is 19.1 Å². The predicted octanol–water partition coefficient (Wildman–Crippen LogP) is 2.10. The first kappa shape index (κ1) is 10.8. The highest BCUT2D eigenvalue weighted by Crippen LogP contribution is 2.24. The van der Waals surface area contributed by atoms with Gasteiger partial charge in [0.1, 0.15) is 11.0 Å². The number of aryl methyl sites for hydroxylation is 2. The summed E-state index contributed by atoms with van der Waals surface area (Å²) in [6.07, 6.45) is 1.77. The third kappa shape index (κ3) is 1.94. The Morgan fingerprint density at radius 3 is 2.81 bits per heavy atom. The highest BCUT2D eigenvalue weighted by atomic mass is 35.5. The lowest BCUT2D eigenvalue weighted by molar-refractivity contribution is 0.776. The van der Waals surface area contributed by atoms with Crippen LogP contribution in [0.4, 0.5) is 17.3 Å². The van der Waals surface area contributed by atoms with E-state index in [1.807, 2.05) is 14.0 Å². The second-order valence-electron chi connectivity index (χ2n) is 3.50. The van der Waals surface area contributed by atoms with Crippen LogP contribution in [0.1, 0.15) is 5.56 Å². The van der Waals surface area contributed by atoms with Crippen LogP contribution in [0.15, 0.2) is 18.3 Å². The van der Waals surface area contributed by atoms with E-state index in [9.17, 15) is 0 Å². The summed E-state index contributed by atoms with van der Waals surface area (Å²) in [6, 6.07) is 3.36. The van der Waals surface area contributed by atoms with E-state index in [1.54, 1.807) is 23.0 Å². The van der Waals surface area contributed by atoms with E-state index in [2.05, 4.69) is 15.4 Å². The van der Waals surface area contributed by atoms with Crippen LogP contribution in [0.3, 0.4) is 0 Å². The minimum atomic E-state index is 0.400. The van der Waals surface area contributed by atoms with Gasteiger partial charge in [-0.2, -0.15) is 5.10 Å². The molecule has 84 valence electrons. The molecule has 0 aliphatic heterocycles. The van der Waals surface area contributed by atoms with Gasteiger partial charge in [0.05, 0.1) is 11.9 Å². The van der Waals surface area contributed by atoms with E-state index < -0.39 is 0 Å². The second-order valence-corrected chi connectivity index (χ2v) is 3.88. The summed E-state index contributed by atoms with van der Waals surface area (Å²) in [5.41, 5.74) is 7.36. The number of anilines is 3. The number of nitrogens with zero attached hydrogens (tertiary/aromatic N) is 3. The van der Waals surface area contributed by atoms with Crippen molar-refractivity contribution in [2.24, 2.45) is 7.05 Å². The van der Waals surface area contributed by atoms with E-state index in [0.29, 0.717) is 16.7 Å². The normalized spacial score (nSPS) is 10.4. The highest BCUT2D eigenvalue weighted by Gasteiger charge is 2.08. The van der Waals surface area contributed by atoms with Crippen LogP contribution in [0.5, 0.6) is 0 Å². The molecule has 0 fully saturated rings. The van der Waals surface area contributed by atoms with Crippen LogP contribution in [0, 0.1) is 6.92 Å². The molecule has 2 heterocycles. The van der Waals surface area contributed by atoms with Gasteiger partial charge < -0.3 is 11.1 Å². The molecule has 5 nitrogen and oxygen atoms in total. The van der Waals surface area contributed by atoms with Gasteiger partial charge in [0.15, 0.2) is 5.82 Å². The molecule has 0 aromatic carbocycles. The molecule has 0 radical (unpaired) electrons. The zero-order valence-corrected chi connectivity index (χ0v) is 9.78. The van der Waals surface area contributed by atoms with Crippen LogP contribution in [-0.4, -0.2) is 14.8 Å². The number of rotatable bonds is 2. The number of hydrogen-bond donors (Lipinski definition) is 2. The summed E-state index contributed by atoms with van der Waals surface area (Å²) in [5.74, 6) is 1.39. The molecule has 6 heteroatoms. The van der Waals surface area contributed by atoms with Crippen molar-refractivity contribution in [3.05, 3.63) is 29.0 Å². The standard InChI is InChI=1S/C10H12ClN5/c1-6-5-13-16(2)10(6)15-9-7(12)3-4-8(11)14-9/h3-5H,12H2,1-2H3,(H,14,15). The topological polar surface area (TPSA) is 68.8 Å². The van der Waals surface area contributed by atoms with Crippen molar-refractivity contribution in [1.82, 2.24) is 14.8 Å². The molecule has 0 unspecified atom stereocenters. The molecular formula is C10H12ClN5. The van der Waals surface area contributed by atoms with E-state index in [1.165, 1.54) is 0 Å². The Bertz CT molecular complexity index is 500. The Morgan fingerprint density at radius 1 is 1.44 bits per heavy atom. The number of pyridine rings is 1. The van der Waals surface area contributed by atoms with Gasteiger partial charge in [-0.3, -0.25) is 4.68 Å². The van der Waals surface area contributed by atoms with Crippen LogP contribution in [-0.2, 0) is 7.05 Å². The maximum atomic E-state index is 5.81. The minimum Gasteiger partial charge on any atom is -0.396 e. The van der Waals surface area contributed by atoms with E-state index in [-0.39, 0.29) is 0 Å². The number of nitrogens with one attached hydrogen (secondary N) is 1. The smallest absolute Gasteiger partial charge is 0.156 e. The third-order valence-corrected chi connectivity index (χ3v) is 2.46.